The number of aryl methyl sites for hydroxylation is 1. The number of benzene rings is 2. The van der Waals surface area contributed by atoms with Crippen molar-refractivity contribution in [2.75, 3.05) is 5.32 Å². The molecule has 0 aliphatic carbocycles. The molecule has 0 atom stereocenters. The lowest BCUT2D eigenvalue weighted by atomic mass is 10.1. The lowest BCUT2D eigenvalue weighted by Crippen LogP contribution is -2.05. The molecule has 21 heavy (non-hydrogen) atoms. The van der Waals surface area contributed by atoms with E-state index in [9.17, 15) is 18.0 Å². The Morgan fingerprint density at radius 1 is 1.10 bits per heavy atom. The van der Waals surface area contributed by atoms with Gasteiger partial charge in [0.15, 0.2) is 0 Å². The van der Waals surface area contributed by atoms with Gasteiger partial charge in [-0.2, -0.15) is 0 Å². The van der Waals surface area contributed by atoms with Crippen molar-refractivity contribution in [2.24, 2.45) is 0 Å². The third kappa shape index (κ3) is 3.34. The molecule has 2 N–H and O–H groups in total. The molecule has 2 aromatic carbocycles. The van der Waals surface area contributed by atoms with Crippen molar-refractivity contribution in [1.29, 1.82) is 0 Å². The Labute approximate surface area is 119 Å². The van der Waals surface area contributed by atoms with Crippen LogP contribution in [0.1, 0.15) is 21.5 Å². The molecule has 2 rings (SSSR count). The summed E-state index contributed by atoms with van der Waals surface area (Å²) in [5, 5.41) is 11.4. The number of halogens is 3. The summed E-state index contributed by atoms with van der Waals surface area (Å²) in [6, 6.07) is 5.65. The van der Waals surface area contributed by atoms with Crippen LogP contribution in [0.5, 0.6) is 0 Å². The molecule has 2 aromatic rings. The molecule has 0 unspecified atom stereocenters. The summed E-state index contributed by atoms with van der Waals surface area (Å²) in [4.78, 5) is 10.7. The van der Waals surface area contributed by atoms with E-state index in [1.54, 1.807) is 0 Å². The number of hydrogen-bond acceptors (Lipinski definition) is 2. The highest BCUT2D eigenvalue weighted by Crippen LogP contribution is 2.20. The fourth-order valence-corrected chi connectivity index (χ4v) is 1.82. The van der Waals surface area contributed by atoms with Gasteiger partial charge in [-0.3, -0.25) is 0 Å². The number of hydrogen-bond donors (Lipinski definition) is 2. The minimum Gasteiger partial charge on any atom is -0.478 e. The quantitative estimate of drug-likeness (QED) is 0.903. The van der Waals surface area contributed by atoms with Crippen LogP contribution in [-0.4, -0.2) is 11.1 Å². The van der Waals surface area contributed by atoms with Gasteiger partial charge in [0.05, 0.1) is 11.3 Å². The summed E-state index contributed by atoms with van der Waals surface area (Å²) in [6.07, 6.45) is 0. The Kier molecular flexibility index (Phi) is 4.16. The molecule has 0 aliphatic rings. The number of nitrogens with one attached hydrogen (secondary N) is 1. The molecule has 0 saturated carbocycles. The molecule has 0 heterocycles. The summed E-state index contributed by atoms with van der Waals surface area (Å²) in [5.41, 5.74) is 0.125. The molecule has 0 bridgehead atoms. The number of anilines is 1. The molecule has 0 amide bonds. The Hall–Kier alpha value is -2.50. The van der Waals surface area contributed by atoms with Crippen LogP contribution >= 0.6 is 0 Å². The molecule has 110 valence electrons. The van der Waals surface area contributed by atoms with Gasteiger partial charge in [0.2, 0.25) is 0 Å². The predicted molar refractivity (Wildman–Crippen MR) is 71.8 cm³/mol. The average molecular weight is 295 g/mol. The molecular weight excluding hydrogens is 283 g/mol. The Morgan fingerprint density at radius 3 is 2.43 bits per heavy atom. The van der Waals surface area contributed by atoms with Gasteiger partial charge in [-0.15, -0.1) is 0 Å². The van der Waals surface area contributed by atoms with Crippen LogP contribution in [-0.2, 0) is 6.54 Å². The highest BCUT2D eigenvalue weighted by atomic mass is 19.1. The van der Waals surface area contributed by atoms with E-state index in [1.165, 1.54) is 13.0 Å². The summed E-state index contributed by atoms with van der Waals surface area (Å²) in [6.45, 7) is 1.48. The van der Waals surface area contributed by atoms with Crippen molar-refractivity contribution in [2.45, 2.75) is 13.5 Å². The zero-order valence-corrected chi connectivity index (χ0v) is 11.1. The first-order valence-electron chi connectivity index (χ1n) is 6.09. The minimum absolute atomic E-state index is 0.0379. The van der Waals surface area contributed by atoms with E-state index in [1.807, 2.05) is 0 Å². The minimum atomic E-state index is -1.36. The van der Waals surface area contributed by atoms with E-state index in [-0.39, 0.29) is 17.8 Å². The Balaban J connectivity index is 2.15. The monoisotopic (exact) mass is 295 g/mol. The van der Waals surface area contributed by atoms with Crippen molar-refractivity contribution in [3.63, 3.8) is 0 Å². The van der Waals surface area contributed by atoms with Gasteiger partial charge in [-0.05, 0) is 36.2 Å². The Morgan fingerprint density at radius 2 is 1.81 bits per heavy atom. The van der Waals surface area contributed by atoms with E-state index >= 15 is 0 Å². The maximum absolute atomic E-state index is 13.6. The maximum Gasteiger partial charge on any atom is 0.338 e. The zero-order chi connectivity index (χ0) is 15.6. The van der Waals surface area contributed by atoms with Gasteiger partial charge in [0, 0.05) is 12.6 Å². The molecule has 0 saturated heterocycles. The molecule has 3 nitrogen and oxygen atoms in total. The van der Waals surface area contributed by atoms with E-state index in [2.05, 4.69) is 5.32 Å². The Bertz CT molecular complexity index is 702. The summed E-state index contributed by atoms with van der Waals surface area (Å²) < 4.78 is 40.4. The van der Waals surface area contributed by atoms with Gasteiger partial charge < -0.3 is 10.4 Å². The highest BCUT2D eigenvalue weighted by Gasteiger charge is 2.11. The third-order valence-corrected chi connectivity index (χ3v) is 3.00. The van der Waals surface area contributed by atoms with Gasteiger partial charge >= 0.3 is 5.97 Å². The van der Waals surface area contributed by atoms with Crippen LogP contribution in [0.2, 0.25) is 0 Å². The first-order chi connectivity index (χ1) is 9.88. The second kappa shape index (κ2) is 5.87. The topological polar surface area (TPSA) is 49.3 Å². The SMILES string of the molecule is Cc1cc(F)c(NCc2ccc(C(=O)O)c(F)c2)cc1F. The number of carbonyl (C=O) groups is 1. The van der Waals surface area contributed by atoms with E-state index in [4.69, 9.17) is 5.11 Å². The molecule has 6 heteroatoms. The van der Waals surface area contributed by atoms with E-state index < -0.39 is 29.0 Å². The number of carboxylic acids is 1. The molecule has 0 spiro atoms. The average Bonchev–Trinajstić information content (AvgIpc) is 2.41. The fourth-order valence-electron chi connectivity index (χ4n) is 1.82. The smallest absolute Gasteiger partial charge is 0.338 e. The standard InChI is InChI=1S/C15H12F3NO2/c1-8-4-13(18)14(6-11(8)16)19-7-9-2-3-10(15(20)21)12(17)5-9/h2-6,19H,7H2,1H3,(H,20,21). The van der Waals surface area contributed by atoms with Crippen molar-refractivity contribution in [3.8, 4) is 0 Å². The van der Waals surface area contributed by atoms with Crippen LogP contribution in [0.25, 0.3) is 0 Å². The van der Waals surface area contributed by atoms with Crippen molar-refractivity contribution in [1.82, 2.24) is 0 Å². The molecule has 0 aliphatic heterocycles. The van der Waals surface area contributed by atoms with Crippen molar-refractivity contribution >= 4 is 11.7 Å². The second-order valence-electron chi connectivity index (χ2n) is 4.55. The maximum atomic E-state index is 13.6. The largest absolute Gasteiger partial charge is 0.478 e. The number of rotatable bonds is 4. The second-order valence-corrected chi connectivity index (χ2v) is 4.55. The van der Waals surface area contributed by atoms with Crippen LogP contribution in [0, 0.1) is 24.4 Å². The normalized spacial score (nSPS) is 10.5. The molecule has 0 radical (unpaired) electrons. The van der Waals surface area contributed by atoms with Gasteiger partial charge in [-0.25, -0.2) is 18.0 Å². The number of carboxylic acid groups (broad SMARTS) is 1. The van der Waals surface area contributed by atoms with Crippen molar-refractivity contribution in [3.05, 3.63) is 64.5 Å². The lowest BCUT2D eigenvalue weighted by Gasteiger charge is -2.09. The molecule has 0 fully saturated rings. The van der Waals surface area contributed by atoms with Gasteiger partial charge in [0.1, 0.15) is 17.5 Å². The van der Waals surface area contributed by atoms with Crippen LogP contribution in [0.15, 0.2) is 30.3 Å². The van der Waals surface area contributed by atoms with Crippen LogP contribution < -0.4 is 5.32 Å². The van der Waals surface area contributed by atoms with E-state index in [0.29, 0.717) is 5.56 Å². The summed E-state index contributed by atoms with van der Waals surface area (Å²) in [7, 11) is 0. The zero-order valence-electron chi connectivity index (χ0n) is 11.1. The van der Waals surface area contributed by atoms with Gasteiger partial charge in [-0.1, -0.05) is 6.07 Å². The highest BCUT2D eigenvalue weighted by molar-refractivity contribution is 5.87. The van der Waals surface area contributed by atoms with Crippen LogP contribution in [0.3, 0.4) is 0 Å². The van der Waals surface area contributed by atoms with E-state index in [0.717, 1.165) is 24.3 Å². The summed E-state index contributed by atoms with van der Waals surface area (Å²) in [5.74, 6) is -3.40. The number of aromatic carboxylic acids is 1. The fraction of sp³-hybridized carbons (Fsp3) is 0.133. The van der Waals surface area contributed by atoms with Crippen LogP contribution in [0.4, 0.5) is 18.9 Å². The summed E-state index contributed by atoms with van der Waals surface area (Å²) >= 11 is 0. The lowest BCUT2D eigenvalue weighted by molar-refractivity contribution is 0.0692. The predicted octanol–water partition coefficient (Wildman–Crippen LogP) is 3.72. The van der Waals surface area contributed by atoms with Gasteiger partial charge in [0.25, 0.3) is 0 Å². The first kappa shape index (κ1) is 14.9. The molecule has 0 aromatic heterocycles. The molecular formula is C15H12F3NO2. The van der Waals surface area contributed by atoms with Crippen molar-refractivity contribution < 1.29 is 23.1 Å². The third-order valence-electron chi connectivity index (χ3n) is 3.00. The first-order valence-corrected chi connectivity index (χ1v) is 6.09.